The van der Waals surface area contributed by atoms with E-state index >= 15 is 0 Å². The molecule has 1 amide bonds. The molecule has 0 radical (unpaired) electrons. The van der Waals surface area contributed by atoms with Crippen molar-refractivity contribution in [1.82, 2.24) is 16.0 Å². The van der Waals surface area contributed by atoms with Gasteiger partial charge in [0.05, 0.1) is 13.2 Å². The van der Waals surface area contributed by atoms with Gasteiger partial charge in [-0.05, 0) is 6.92 Å². The molecule has 1 fully saturated rings. The quantitative estimate of drug-likeness (QED) is 0.485. The smallest absolute Gasteiger partial charge is 0.328 e. The number of ether oxygens (including phenoxy) is 1. The van der Waals surface area contributed by atoms with E-state index in [9.17, 15) is 9.59 Å². The number of piperazine rings is 1. The summed E-state index contributed by atoms with van der Waals surface area (Å²) in [7, 11) is 1.30. The van der Waals surface area contributed by atoms with Crippen molar-refractivity contribution in [3.63, 3.8) is 0 Å². The maximum Gasteiger partial charge on any atom is 0.328 e. The Balaban J connectivity index is 2.36. The van der Waals surface area contributed by atoms with E-state index in [0.717, 1.165) is 13.1 Å². The van der Waals surface area contributed by atoms with Crippen molar-refractivity contribution in [2.45, 2.75) is 19.0 Å². The Bertz CT molecular complexity index is 239. The van der Waals surface area contributed by atoms with E-state index in [4.69, 9.17) is 0 Å². The third kappa shape index (κ3) is 3.49. The fraction of sp³-hybridized carbons (Fsp3) is 0.778. The Labute approximate surface area is 88.7 Å². The molecular formula is C9H17N3O3. The van der Waals surface area contributed by atoms with Crippen molar-refractivity contribution in [2.24, 2.45) is 0 Å². The summed E-state index contributed by atoms with van der Waals surface area (Å²) in [6.07, 6.45) is 0. The second kappa shape index (κ2) is 5.67. The van der Waals surface area contributed by atoms with Crippen LogP contribution in [0.2, 0.25) is 0 Å². The zero-order valence-corrected chi connectivity index (χ0v) is 9.00. The van der Waals surface area contributed by atoms with Gasteiger partial charge in [0.1, 0.15) is 6.04 Å². The van der Waals surface area contributed by atoms with Crippen molar-refractivity contribution in [2.75, 3.05) is 26.7 Å². The number of rotatable bonds is 3. The van der Waals surface area contributed by atoms with Crippen LogP contribution in [0.25, 0.3) is 0 Å². The number of amides is 1. The van der Waals surface area contributed by atoms with Gasteiger partial charge in [0.15, 0.2) is 0 Å². The van der Waals surface area contributed by atoms with Crippen LogP contribution in [0, 0.1) is 0 Å². The number of carbonyl (C=O) groups is 2. The van der Waals surface area contributed by atoms with Gasteiger partial charge in [0, 0.05) is 19.6 Å². The van der Waals surface area contributed by atoms with Gasteiger partial charge in [0.25, 0.3) is 0 Å². The number of nitrogens with one attached hydrogen (secondary N) is 3. The van der Waals surface area contributed by atoms with E-state index in [2.05, 4.69) is 20.7 Å². The van der Waals surface area contributed by atoms with Crippen LogP contribution in [0.1, 0.15) is 6.92 Å². The van der Waals surface area contributed by atoms with Gasteiger partial charge in [-0.15, -0.1) is 0 Å². The highest BCUT2D eigenvalue weighted by molar-refractivity contribution is 5.87. The minimum Gasteiger partial charge on any atom is -0.467 e. The van der Waals surface area contributed by atoms with Gasteiger partial charge >= 0.3 is 5.97 Å². The molecule has 1 aliphatic heterocycles. The van der Waals surface area contributed by atoms with Crippen LogP contribution in [0.4, 0.5) is 0 Å². The molecule has 1 unspecified atom stereocenters. The van der Waals surface area contributed by atoms with Gasteiger partial charge in [-0.2, -0.15) is 0 Å². The fourth-order valence-electron chi connectivity index (χ4n) is 1.39. The minimum atomic E-state index is -0.605. The maximum absolute atomic E-state index is 11.6. The van der Waals surface area contributed by atoms with E-state index in [-0.39, 0.29) is 11.9 Å². The van der Waals surface area contributed by atoms with Crippen LogP contribution in [0.5, 0.6) is 0 Å². The van der Waals surface area contributed by atoms with Crippen LogP contribution in [-0.4, -0.2) is 50.7 Å². The molecule has 1 aliphatic rings. The summed E-state index contributed by atoms with van der Waals surface area (Å²) in [5.41, 5.74) is 0. The standard InChI is InChI=1S/C9H17N3O3/c1-6(9(14)15-2)12-8(13)7-5-10-3-4-11-7/h6-7,10-11H,3-5H2,1-2H3,(H,12,13)/t6-,7?/m0/s1. The molecule has 1 saturated heterocycles. The number of methoxy groups -OCH3 is 1. The van der Waals surface area contributed by atoms with Crippen molar-refractivity contribution in [3.8, 4) is 0 Å². The molecule has 3 N–H and O–H groups in total. The van der Waals surface area contributed by atoms with Gasteiger partial charge in [-0.25, -0.2) is 4.79 Å². The van der Waals surface area contributed by atoms with Crippen LogP contribution in [0.3, 0.4) is 0 Å². The van der Waals surface area contributed by atoms with Crippen LogP contribution in [0.15, 0.2) is 0 Å². The first-order valence-electron chi connectivity index (χ1n) is 4.97. The van der Waals surface area contributed by atoms with E-state index in [0.29, 0.717) is 6.54 Å². The summed E-state index contributed by atoms with van der Waals surface area (Å²) >= 11 is 0. The second-order valence-electron chi connectivity index (χ2n) is 3.46. The average Bonchev–Trinajstić information content (AvgIpc) is 2.29. The Kier molecular flexibility index (Phi) is 4.51. The molecule has 1 rings (SSSR count). The summed E-state index contributed by atoms with van der Waals surface area (Å²) in [5, 5.41) is 8.73. The maximum atomic E-state index is 11.6. The number of carbonyl (C=O) groups excluding carboxylic acids is 2. The molecule has 15 heavy (non-hydrogen) atoms. The molecule has 0 aromatic carbocycles. The lowest BCUT2D eigenvalue weighted by molar-refractivity contribution is -0.144. The van der Waals surface area contributed by atoms with Crippen molar-refractivity contribution >= 4 is 11.9 Å². The monoisotopic (exact) mass is 215 g/mol. The lowest BCUT2D eigenvalue weighted by Gasteiger charge is -2.24. The Morgan fingerprint density at radius 1 is 1.47 bits per heavy atom. The van der Waals surface area contributed by atoms with Crippen LogP contribution in [-0.2, 0) is 14.3 Å². The highest BCUT2D eigenvalue weighted by Gasteiger charge is 2.23. The van der Waals surface area contributed by atoms with E-state index < -0.39 is 12.0 Å². The molecule has 0 bridgehead atoms. The highest BCUT2D eigenvalue weighted by atomic mass is 16.5. The van der Waals surface area contributed by atoms with Gasteiger partial charge in [-0.3, -0.25) is 4.79 Å². The second-order valence-corrected chi connectivity index (χ2v) is 3.46. The average molecular weight is 215 g/mol. The van der Waals surface area contributed by atoms with Gasteiger partial charge in [0.2, 0.25) is 5.91 Å². The third-order valence-corrected chi connectivity index (χ3v) is 2.27. The summed E-state index contributed by atoms with van der Waals surface area (Å²) in [4.78, 5) is 22.7. The number of hydrogen-bond acceptors (Lipinski definition) is 5. The summed E-state index contributed by atoms with van der Waals surface area (Å²) in [6, 6.07) is -0.878. The predicted molar refractivity (Wildman–Crippen MR) is 54.3 cm³/mol. The SMILES string of the molecule is COC(=O)[C@H](C)NC(=O)C1CNCCN1. The first-order valence-corrected chi connectivity index (χ1v) is 4.97. The third-order valence-electron chi connectivity index (χ3n) is 2.27. The molecule has 0 aromatic rings. The first kappa shape index (κ1) is 11.9. The normalized spacial score (nSPS) is 22.9. The molecule has 6 nitrogen and oxygen atoms in total. The molecule has 1 heterocycles. The van der Waals surface area contributed by atoms with Crippen LogP contribution < -0.4 is 16.0 Å². The molecule has 6 heteroatoms. The highest BCUT2D eigenvalue weighted by Crippen LogP contribution is 1.91. The molecule has 2 atom stereocenters. The summed E-state index contributed by atoms with van der Waals surface area (Å²) in [6.45, 7) is 3.79. The molecular weight excluding hydrogens is 198 g/mol. The summed E-state index contributed by atoms with van der Waals surface area (Å²) in [5.74, 6) is -0.618. The zero-order chi connectivity index (χ0) is 11.3. The minimum absolute atomic E-state index is 0.180. The summed E-state index contributed by atoms with van der Waals surface area (Å²) < 4.78 is 4.51. The van der Waals surface area contributed by atoms with Crippen molar-refractivity contribution < 1.29 is 14.3 Å². The lowest BCUT2D eigenvalue weighted by atomic mass is 10.2. The lowest BCUT2D eigenvalue weighted by Crippen LogP contribution is -2.57. The first-order chi connectivity index (χ1) is 7.15. The Morgan fingerprint density at radius 2 is 2.20 bits per heavy atom. The largest absolute Gasteiger partial charge is 0.467 e. The zero-order valence-electron chi connectivity index (χ0n) is 9.00. The van der Waals surface area contributed by atoms with E-state index in [1.807, 2.05) is 0 Å². The molecule has 0 aliphatic carbocycles. The Morgan fingerprint density at radius 3 is 2.73 bits per heavy atom. The van der Waals surface area contributed by atoms with Crippen LogP contribution >= 0.6 is 0 Å². The Hall–Kier alpha value is -1.14. The number of hydrogen-bond donors (Lipinski definition) is 3. The fourth-order valence-corrected chi connectivity index (χ4v) is 1.39. The molecule has 0 saturated carbocycles. The van der Waals surface area contributed by atoms with Gasteiger partial charge in [-0.1, -0.05) is 0 Å². The number of esters is 1. The van der Waals surface area contributed by atoms with Crippen molar-refractivity contribution in [3.05, 3.63) is 0 Å². The topological polar surface area (TPSA) is 79.5 Å². The van der Waals surface area contributed by atoms with Crippen molar-refractivity contribution in [1.29, 1.82) is 0 Å². The van der Waals surface area contributed by atoms with Gasteiger partial charge < -0.3 is 20.7 Å². The molecule has 0 spiro atoms. The van der Waals surface area contributed by atoms with E-state index in [1.54, 1.807) is 6.92 Å². The predicted octanol–water partition coefficient (Wildman–Crippen LogP) is -1.77. The molecule has 0 aromatic heterocycles. The van der Waals surface area contributed by atoms with E-state index in [1.165, 1.54) is 7.11 Å². The molecule has 86 valence electrons.